The number of pyridine rings is 1. The molecule has 21 heavy (non-hydrogen) atoms. The second kappa shape index (κ2) is 5.94. The van der Waals surface area contributed by atoms with Crippen molar-refractivity contribution in [3.63, 3.8) is 0 Å². The van der Waals surface area contributed by atoms with Crippen molar-refractivity contribution in [3.05, 3.63) is 81.8 Å². The lowest BCUT2D eigenvalue weighted by Gasteiger charge is -2.09. The fourth-order valence-electron chi connectivity index (χ4n) is 2.19. The molecule has 2 heterocycles. The quantitative estimate of drug-likeness (QED) is 0.756. The number of thiophene rings is 1. The zero-order chi connectivity index (χ0) is 14.7. The first-order valence-corrected chi connectivity index (χ1v) is 7.58. The highest BCUT2D eigenvalue weighted by Crippen LogP contribution is 2.34. The lowest BCUT2D eigenvalue weighted by molar-refractivity contribution is 0.473. The number of phenolic OH excluding ortho intramolecular Hbond substituents is 1. The molecule has 104 valence electrons. The van der Waals surface area contributed by atoms with Crippen molar-refractivity contribution in [1.82, 2.24) is 4.98 Å². The van der Waals surface area contributed by atoms with Gasteiger partial charge < -0.3 is 5.11 Å². The van der Waals surface area contributed by atoms with Crippen LogP contribution >= 0.6 is 11.3 Å². The third-order valence-electron chi connectivity index (χ3n) is 3.21. The first-order chi connectivity index (χ1) is 10.2. The van der Waals surface area contributed by atoms with Crippen LogP contribution in [-0.2, 0) is 0 Å². The van der Waals surface area contributed by atoms with Gasteiger partial charge in [0.15, 0.2) is 0 Å². The Hall–Kier alpha value is -2.39. The van der Waals surface area contributed by atoms with Crippen LogP contribution < -0.4 is 0 Å². The Morgan fingerprint density at radius 2 is 2.05 bits per heavy atom. The maximum Gasteiger partial charge on any atom is 0.123 e. The lowest BCUT2D eigenvalue weighted by atomic mass is 10.00. The third-order valence-corrected chi connectivity index (χ3v) is 4.11. The van der Waals surface area contributed by atoms with Crippen LogP contribution in [0.3, 0.4) is 0 Å². The van der Waals surface area contributed by atoms with Gasteiger partial charge in [0.1, 0.15) is 5.75 Å². The molecule has 3 aromatic rings. The molecule has 0 amide bonds. The smallest absolute Gasteiger partial charge is 0.123 e. The maximum atomic E-state index is 10.2. The van der Waals surface area contributed by atoms with Crippen LogP contribution in [0.5, 0.6) is 5.75 Å². The largest absolute Gasteiger partial charge is 0.507 e. The van der Waals surface area contributed by atoms with Gasteiger partial charge in [0.05, 0.1) is 5.69 Å². The van der Waals surface area contributed by atoms with Crippen LogP contribution in [0.15, 0.2) is 60.1 Å². The number of nitrogens with zero attached hydrogens (tertiary/aromatic N) is 1. The number of phenols is 1. The minimum absolute atomic E-state index is 0.288. The Morgan fingerprint density at radius 3 is 2.76 bits per heavy atom. The zero-order valence-electron chi connectivity index (χ0n) is 11.7. The minimum Gasteiger partial charge on any atom is -0.507 e. The van der Waals surface area contributed by atoms with Crippen LogP contribution in [0.4, 0.5) is 0 Å². The summed E-state index contributed by atoms with van der Waals surface area (Å²) in [5.74, 6) is 0.288. The highest BCUT2D eigenvalue weighted by Gasteiger charge is 2.11. The fraction of sp³-hybridized carbons (Fsp3) is 0.0556. The molecule has 0 unspecified atom stereocenters. The van der Waals surface area contributed by atoms with Crippen molar-refractivity contribution in [2.24, 2.45) is 0 Å². The van der Waals surface area contributed by atoms with E-state index in [1.54, 1.807) is 23.6 Å². The normalized spacial score (nSPS) is 11.6. The third kappa shape index (κ3) is 3.03. The summed E-state index contributed by atoms with van der Waals surface area (Å²) in [4.78, 5) is 5.47. The standard InChI is InChI=1S/C18H15NOS/c1-13-7-8-17(20)15(11-13)16(18-6-4-10-21-18)12-14-5-2-3-9-19-14/h2-12,20H,1H3. The highest BCUT2D eigenvalue weighted by molar-refractivity contribution is 7.11. The predicted octanol–water partition coefficient (Wildman–Crippen LogP) is 4.75. The molecule has 0 aliphatic rings. The van der Waals surface area contributed by atoms with Crippen LogP contribution in [-0.4, -0.2) is 10.1 Å². The van der Waals surface area contributed by atoms with Gasteiger partial charge >= 0.3 is 0 Å². The maximum absolute atomic E-state index is 10.2. The van der Waals surface area contributed by atoms with E-state index in [0.29, 0.717) is 0 Å². The van der Waals surface area contributed by atoms with E-state index in [1.807, 2.05) is 54.8 Å². The van der Waals surface area contributed by atoms with Gasteiger partial charge in [0, 0.05) is 22.2 Å². The van der Waals surface area contributed by atoms with Crippen molar-refractivity contribution in [3.8, 4) is 5.75 Å². The van der Waals surface area contributed by atoms with E-state index in [2.05, 4.69) is 11.1 Å². The molecule has 0 bridgehead atoms. The molecule has 0 saturated carbocycles. The van der Waals surface area contributed by atoms with E-state index in [0.717, 1.165) is 27.3 Å². The molecule has 0 aliphatic carbocycles. The molecule has 0 radical (unpaired) electrons. The molecule has 2 aromatic heterocycles. The molecule has 0 aliphatic heterocycles. The topological polar surface area (TPSA) is 33.1 Å². The van der Waals surface area contributed by atoms with Crippen molar-refractivity contribution >= 4 is 23.0 Å². The summed E-state index contributed by atoms with van der Waals surface area (Å²) in [5.41, 5.74) is 3.82. The monoisotopic (exact) mass is 293 g/mol. The Balaban J connectivity index is 2.18. The van der Waals surface area contributed by atoms with E-state index in [1.165, 1.54) is 0 Å². The number of hydrogen-bond acceptors (Lipinski definition) is 3. The van der Waals surface area contributed by atoms with E-state index < -0.39 is 0 Å². The molecular weight excluding hydrogens is 278 g/mol. The summed E-state index contributed by atoms with van der Waals surface area (Å²) in [6, 6.07) is 15.5. The highest BCUT2D eigenvalue weighted by atomic mass is 32.1. The Labute approximate surface area is 128 Å². The first-order valence-electron chi connectivity index (χ1n) is 6.70. The van der Waals surface area contributed by atoms with Crippen LogP contribution in [0, 0.1) is 6.92 Å². The second-order valence-corrected chi connectivity index (χ2v) is 5.76. The SMILES string of the molecule is Cc1ccc(O)c(C(=Cc2ccccn2)c2cccs2)c1. The van der Waals surface area contributed by atoms with Gasteiger partial charge in [-0.3, -0.25) is 4.98 Å². The zero-order valence-corrected chi connectivity index (χ0v) is 12.5. The predicted molar refractivity (Wildman–Crippen MR) is 88.4 cm³/mol. The summed E-state index contributed by atoms with van der Waals surface area (Å²) in [5, 5.41) is 12.3. The molecular formula is C18H15NOS. The molecule has 1 N–H and O–H groups in total. The average molecular weight is 293 g/mol. The summed E-state index contributed by atoms with van der Waals surface area (Å²) in [6.07, 6.45) is 3.79. The molecule has 0 spiro atoms. The number of aromatic hydroxyl groups is 1. The molecule has 0 atom stereocenters. The number of aromatic nitrogens is 1. The Bertz CT molecular complexity index is 761. The van der Waals surface area contributed by atoms with E-state index >= 15 is 0 Å². The molecule has 3 heteroatoms. The number of benzene rings is 1. The minimum atomic E-state index is 0.288. The summed E-state index contributed by atoms with van der Waals surface area (Å²) in [6.45, 7) is 2.02. The summed E-state index contributed by atoms with van der Waals surface area (Å²) in [7, 11) is 0. The van der Waals surface area contributed by atoms with Gasteiger partial charge in [-0.25, -0.2) is 0 Å². The molecule has 0 fully saturated rings. The summed E-state index contributed by atoms with van der Waals surface area (Å²) >= 11 is 1.65. The Kier molecular flexibility index (Phi) is 3.84. The van der Waals surface area contributed by atoms with Gasteiger partial charge in [0.2, 0.25) is 0 Å². The van der Waals surface area contributed by atoms with Crippen molar-refractivity contribution < 1.29 is 5.11 Å². The van der Waals surface area contributed by atoms with Gasteiger partial charge in [-0.2, -0.15) is 0 Å². The fourth-order valence-corrected chi connectivity index (χ4v) is 2.94. The van der Waals surface area contributed by atoms with Gasteiger partial charge in [-0.1, -0.05) is 23.8 Å². The van der Waals surface area contributed by atoms with Gasteiger partial charge in [-0.05, 0) is 48.7 Å². The van der Waals surface area contributed by atoms with Gasteiger partial charge in [-0.15, -0.1) is 11.3 Å². The average Bonchev–Trinajstić information content (AvgIpc) is 3.03. The van der Waals surface area contributed by atoms with E-state index in [4.69, 9.17) is 0 Å². The molecule has 2 nitrogen and oxygen atoms in total. The van der Waals surface area contributed by atoms with Crippen LogP contribution in [0.25, 0.3) is 11.6 Å². The van der Waals surface area contributed by atoms with Crippen molar-refractivity contribution in [1.29, 1.82) is 0 Å². The first kappa shape index (κ1) is 13.6. The second-order valence-electron chi connectivity index (χ2n) is 4.81. The van der Waals surface area contributed by atoms with Crippen molar-refractivity contribution in [2.75, 3.05) is 0 Å². The Morgan fingerprint density at radius 1 is 1.14 bits per heavy atom. The molecule has 0 saturated heterocycles. The van der Waals surface area contributed by atoms with E-state index in [-0.39, 0.29) is 5.75 Å². The lowest BCUT2D eigenvalue weighted by Crippen LogP contribution is -1.89. The number of hydrogen-bond donors (Lipinski definition) is 1. The van der Waals surface area contributed by atoms with Gasteiger partial charge in [0.25, 0.3) is 0 Å². The summed E-state index contributed by atoms with van der Waals surface area (Å²) < 4.78 is 0. The molecule has 1 aromatic carbocycles. The van der Waals surface area contributed by atoms with Crippen LogP contribution in [0.2, 0.25) is 0 Å². The number of rotatable bonds is 3. The van der Waals surface area contributed by atoms with E-state index in [9.17, 15) is 5.11 Å². The van der Waals surface area contributed by atoms with Crippen LogP contribution in [0.1, 0.15) is 21.7 Å². The van der Waals surface area contributed by atoms with Crippen molar-refractivity contribution in [2.45, 2.75) is 6.92 Å². The molecule has 3 rings (SSSR count). The number of aryl methyl sites for hydroxylation is 1.